The summed E-state index contributed by atoms with van der Waals surface area (Å²) >= 11 is 0. The van der Waals surface area contributed by atoms with E-state index in [4.69, 9.17) is 0 Å². The Labute approximate surface area is 161 Å². The summed E-state index contributed by atoms with van der Waals surface area (Å²) < 4.78 is 27.3. The highest BCUT2D eigenvalue weighted by molar-refractivity contribution is 7.89. The summed E-state index contributed by atoms with van der Waals surface area (Å²) in [5.74, 6) is 0.678. The van der Waals surface area contributed by atoms with Gasteiger partial charge in [0.15, 0.2) is 5.96 Å². The number of benzene rings is 1. The summed E-state index contributed by atoms with van der Waals surface area (Å²) in [5, 5.41) is 10.9. The fourth-order valence-electron chi connectivity index (χ4n) is 2.63. The minimum Gasteiger partial charge on any atom is -0.355 e. The van der Waals surface area contributed by atoms with Gasteiger partial charge in [0.25, 0.3) is 0 Å². The second kappa shape index (κ2) is 9.52. The maximum atomic E-state index is 11.4. The Morgan fingerprint density at radius 2 is 1.93 bits per heavy atom. The number of hydrogen-bond donors (Lipinski definition) is 3. The quantitative estimate of drug-likeness (QED) is 0.355. The third-order valence-corrected chi connectivity index (χ3v) is 5.42. The molecular formula is C18H28N6O2S. The summed E-state index contributed by atoms with van der Waals surface area (Å²) in [6.07, 6.45) is 0. The maximum absolute atomic E-state index is 11.4. The van der Waals surface area contributed by atoms with Crippen molar-refractivity contribution in [3.63, 3.8) is 0 Å². The first kappa shape index (κ1) is 20.9. The number of aliphatic imine (C=N–C) groups is 1. The standard InChI is InChI=1S/C18H28N6O2S/c1-5-27(25,26)22-11-10-20-18(19-4)21-13-16-8-6-7-9-17(16)24-15(3)12-14(2)23-24/h6-9,12,22H,5,10-11,13H2,1-4H3,(H2,19,20,21). The van der Waals surface area contributed by atoms with Gasteiger partial charge in [-0.2, -0.15) is 5.10 Å². The number of nitrogens with one attached hydrogen (secondary N) is 3. The van der Waals surface area contributed by atoms with E-state index in [2.05, 4.69) is 25.4 Å². The summed E-state index contributed by atoms with van der Waals surface area (Å²) in [5.41, 5.74) is 4.15. The molecule has 0 fully saturated rings. The molecule has 2 aromatic rings. The lowest BCUT2D eigenvalue weighted by Crippen LogP contribution is -2.41. The van der Waals surface area contributed by atoms with Crippen LogP contribution in [-0.2, 0) is 16.6 Å². The average Bonchev–Trinajstić information content (AvgIpc) is 2.99. The van der Waals surface area contributed by atoms with Gasteiger partial charge in [0.1, 0.15) is 0 Å². The molecule has 0 saturated heterocycles. The van der Waals surface area contributed by atoms with E-state index in [1.807, 2.05) is 48.9 Å². The van der Waals surface area contributed by atoms with Gasteiger partial charge in [-0.25, -0.2) is 17.8 Å². The van der Waals surface area contributed by atoms with Crippen LogP contribution >= 0.6 is 0 Å². The summed E-state index contributed by atoms with van der Waals surface area (Å²) in [7, 11) is -1.50. The number of rotatable bonds is 8. The van der Waals surface area contributed by atoms with Gasteiger partial charge in [-0.3, -0.25) is 4.99 Å². The largest absolute Gasteiger partial charge is 0.355 e. The van der Waals surface area contributed by atoms with Crippen molar-refractivity contribution in [1.82, 2.24) is 25.1 Å². The van der Waals surface area contributed by atoms with E-state index >= 15 is 0 Å². The summed E-state index contributed by atoms with van der Waals surface area (Å²) in [4.78, 5) is 4.18. The van der Waals surface area contributed by atoms with Crippen molar-refractivity contribution < 1.29 is 8.42 Å². The van der Waals surface area contributed by atoms with Crippen LogP contribution < -0.4 is 15.4 Å². The van der Waals surface area contributed by atoms with Gasteiger partial charge in [0.05, 0.1) is 17.1 Å². The Balaban J connectivity index is 1.96. The molecule has 0 spiro atoms. The Bertz CT molecular complexity index is 889. The van der Waals surface area contributed by atoms with E-state index in [0.717, 1.165) is 22.6 Å². The zero-order valence-electron chi connectivity index (χ0n) is 16.3. The second-order valence-electron chi connectivity index (χ2n) is 6.12. The normalized spacial score (nSPS) is 12.2. The number of hydrogen-bond acceptors (Lipinski definition) is 4. The van der Waals surface area contributed by atoms with E-state index in [1.54, 1.807) is 14.0 Å². The average molecular weight is 393 g/mol. The monoisotopic (exact) mass is 392 g/mol. The van der Waals surface area contributed by atoms with Crippen LogP contribution in [0.1, 0.15) is 23.9 Å². The molecule has 9 heteroatoms. The van der Waals surface area contributed by atoms with E-state index < -0.39 is 10.0 Å². The first-order valence-corrected chi connectivity index (χ1v) is 10.5. The van der Waals surface area contributed by atoms with Crippen molar-refractivity contribution in [3.05, 3.63) is 47.3 Å². The number of aromatic nitrogens is 2. The Morgan fingerprint density at radius 1 is 1.19 bits per heavy atom. The molecule has 0 aliphatic carbocycles. The number of aryl methyl sites for hydroxylation is 2. The molecule has 1 aromatic carbocycles. The van der Waals surface area contributed by atoms with Gasteiger partial charge in [0, 0.05) is 32.4 Å². The molecule has 0 atom stereocenters. The third-order valence-electron chi connectivity index (χ3n) is 4.02. The third kappa shape index (κ3) is 6.07. The molecule has 0 unspecified atom stereocenters. The molecule has 1 aromatic heterocycles. The topological polar surface area (TPSA) is 100 Å². The second-order valence-corrected chi connectivity index (χ2v) is 8.21. The van der Waals surface area contributed by atoms with Crippen molar-refractivity contribution in [2.75, 3.05) is 25.9 Å². The lowest BCUT2D eigenvalue weighted by molar-refractivity contribution is 0.582. The fourth-order valence-corrected chi connectivity index (χ4v) is 3.25. The van der Waals surface area contributed by atoms with Gasteiger partial charge >= 0.3 is 0 Å². The van der Waals surface area contributed by atoms with E-state index in [0.29, 0.717) is 25.6 Å². The molecule has 3 N–H and O–H groups in total. The molecule has 0 radical (unpaired) electrons. The predicted octanol–water partition coefficient (Wildman–Crippen LogP) is 1.09. The molecule has 8 nitrogen and oxygen atoms in total. The van der Waals surface area contributed by atoms with E-state index in [-0.39, 0.29) is 5.75 Å². The molecule has 1 heterocycles. The molecule has 27 heavy (non-hydrogen) atoms. The minimum atomic E-state index is -3.18. The lowest BCUT2D eigenvalue weighted by atomic mass is 10.1. The summed E-state index contributed by atoms with van der Waals surface area (Å²) in [6.45, 7) is 6.92. The first-order valence-electron chi connectivity index (χ1n) is 8.89. The van der Waals surface area contributed by atoms with Gasteiger partial charge in [-0.05, 0) is 38.5 Å². The molecular weight excluding hydrogens is 364 g/mol. The molecule has 148 valence electrons. The minimum absolute atomic E-state index is 0.0725. The number of sulfonamides is 1. The zero-order valence-corrected chi connectivity index (χ0v) is 17.1. The summed E-state index contributed by atoms with van der Waals surface area (Å²) in [6, 6.07) is 10.1. The smallest absolute Gasteiger partial charge is 0.211 e. The number of nitrogens with zero attached hydrogens (tertiary/aromatic N) is 3. The Morgan fingerprint density at radius 3 is 2.56 bits per heavy atom. The van der Waals surface area contributed by atoms with Crippen LogP contribution in [0.4, 0.5) is 0 Å². The predicted molar refractivity (Wildman–Crippen MR) is 109 cm³/mol. The van der Waals surface area contributed by atoms with Crippen LogP contribution in [0.25, 0.3) is 5.69 Å². The van der Waals surface area contributed by atoms with Crippen LogP contribution in [-0.4, -0.2) is 50.0 Å². The van der Waals surface area contributed by atoms with Crippen LogP contribution in [0.5, 0.6) is 0 Å². The highest BCUT2D eigenvalue weighted by Gasteiger charge is 2.09. The van der Waals surface area contributed by atoms with Crippen molar-refractivity contribution in [1.29, 1.82) is 0 Å². The molecule has 0 aliphatic rings. The van der Waals surface area contributed by atoms with Crippen LogP contribution in [0, 0.1) is 13.8 Å². The molecule has 0 saturated carbocycles. The van der Waals surface area contributed by atoms with Crippen LogP contribution in [0.15, 0.2) is 35.3 Å². The molecule has 0 amide bonds. The van der Waals surface area contributed by atoms with Crippen molar-refractivity contribution >= 4 is 16.0 Å². The SMILES string of the molecule is CCS(=O)(=O)NCCNC(=NC)NCc1ccccc1-n1nc(C)cc1C. The molecule has 2 rings (SSSR count). The fraction of sp³-hybridized carbons (Fsp3) is 0.444. The molecule has 0 bridgehead atoms. The highest BCUT2D eigenvalue weighted by atomic mass is 32.2. The van der Waals surface area contributed by atoms with Gasteiger partial charge in [-0.1, -0.05) is 18.2 Å². The Kier molecular flexibility index (Phi) is 7.37. The number of para-hydroxylation sites is 1. The first-order chi connectivity index (χ1) is 12.9. The van der Waals surface area contributed by atoms with Crippen molar-refractivity contribution in [2.45, 2.75) is 27.3 Å². The number of guanidine groups is 1. The van der Waals surface area contributed by atoms with Gasteiger partial charge in [0.2, 0.25) is 10.0 Å². The maximum Gasteiger partial charge on any atom is 0.211 e. The van der Waals surface area contributed by atoms with E-state index in [9.17, 15) is 8.42 Å². The molecule has 0 aliphatic heterocycles. The van der Waals surface area contributed by atoms with Crippen molar-refractivity contribution in [2.24, 2.45) is 4.99 Å². The lowest BCUT2D eigenvalue weighted by Gasteiger charge is -2.15. The van der Waals surface area contributed by atoms with Crippen molar-refractivity contribution in [3.8, 4) is 5.69 Å². The van der Waals surface area contributed by atoms with Crippen LogP contribution in [0.3, 0.4) is 0 Å². The van der Waals surface area contributed by atoms with Crippen LogP contribution in [0.2, 0.25) is 0 Å². The van der Waals surface area contributed by atoms with Gasteiger partial charge in [-0.15, -0.1) is 0 Å². The van der Waals surface area contributed by atoms with Gasteiger partial charge < -0.3 is 10.6 Å². The van der Waals surface area contributed by atoms with E-state index in [1.165, 1.54) is 0 Å². The zero-order chi connectivity index (χ0) is 19.9. The highest BCUT2D eigenvalue weighted by Crippen LogP contribution is 2.16. The Hall–Kier alpha value is -2.39.